The van der Waals surface area contributed by atoms with E-state index in [1.165, 1.54) is 104 Å². The van der Waals surface area contributed by atoms with Crippen molar-refractivity contribution in [3.8, 4) is 44.5 Å². The highest BCUT2D eigenvalue weighted by atomic mass is 32.2. The lowest BCUT2D eigenvalue weighted by molar-refractivity contribution is 0.801. The minimum Gasteiger partial charge on any atom is -0.0888 e. The van der Waals surface area contributed by atoms with Gasteiger partial charge >= 0.3 is 0 Å². The molecule has 0 bridgehead atoms. The quantitative estimate of drug-likeness (QED) is 0.178. The second-order valence-electron chi connectivity index (χ2n) is 13.3. The van der Waals surface area contributed by atoms with Crippen molar-refractivity contribution < 1.29 is 0 Å². The monoisotopic (exact) mass is 612 g/mol. The molecular weight excluding hydrogens is 585 g/mol. The largest absolute Gasteiger partial charge is 0.0888 e. The van der Waals surface area contributed by atoms with E-state index in [-0.39, 0.29) is 0 Å². The van der Waals surface area contributed by atoms with Gasteiger partial charge in [0.1, 0.15) is 0 Å². The highest BCUT2D eigenvalue weighted by Crippen LogP contribution is 2.65. The standard InChI is InChI=1S/C46H28S/c1-27-19-20-28-21-24-35-32-11-2-4-15-38(32)46(45(35)37(28)25-27)39-16-5-3-12-36(39)44-31(13-8-17-40(44)46)30-22-23-33-34-14-6-9-29-10-7-18-41(43(29)34)47-42(33)26-30/h2-26H,1H3. The van der Waals surface area contributed by atoms with Gasteiger partial charge in [0.05, 0.1) is 5.41 Å². The Bertz CT molecular complexity index is 2670. The van der Waals surface area contributed by atoms with Crippen LogP contribution < -0.4 is 0 Å². The number of hydrogen-bond donors (Lipinski definition) is 0. The summed E-state index contributed by atoms with van der Waals surface area (Å²) in [7, 11) is 0. The minimum atomic E-state index is -0.390. The molecule has 1 spiro atoms. The summed E-state index contributed by atoms with van der Waals surface area (Å²) in [6.45, 7) is 2.22. The van der Waals surface area contributed by atoms with E-state index in [0.717, 1.165) is 0 Å². The first-order chi connectivity index (χ1) is 23.2. The normalized spacial score (nSPS) is 16.2. The summed E-state index contributed by atoms with van der Waals surface area (Å²) in [5.74, 6) is 0. The van der Waals surface area contributed by atoms with Crippen LogP contribution in [0.3, 0.4) is 0 Å². The summed E-state index contributed by atoms with van der Waals surface area (Å²) in [5, 5.41) is 5.33. The molecule has 47 heavy (non-hydrogen) atoms. The Kier molecular flexibility index (Phi) is 5.00. The van der Waals surface area contributed by atoms with E-state index < -0.39 is 5.41 Å². The zero-order valence-electron chi connectivity index (χ0n) is 25.8. The van der Waals surface area contributed by atoms with Crippen LogP contribution in [-0.2, 0) is 5.41 Å². The van der Waals surface area contributed by atoms with Gasteiger partial charge in [-0.15, -0.1) is 0 Å². The molecule has 11 rings (SSSR count). The van der Waals surface area contributed by atoms with Crippen LogP contribution in [0.15, 0.2) is 161 Å². The zero-order valence-corrected chi connectivity index (χ0v) is 26.7. The van der Waals surface area contributed by atoms with Gasteiger partial charge in [0.2, 0.25) is 0 Å². The molecule has 3 aliphatic rings. The van der Waals surface area contributed by atoms with Crippen LogP contribution in [0.2, 0.25) is 0 Å². The Morgan fingerprint density at radius 2 is 1.13 bits per heavy atom. The van der Waals surface area contributed by atoms with Crippen LogP contribution >= 0.6 is 11.8 Å². The summed E-state index contributed by atoms with van der Waals surface area (Å²) < 4.78 is 0. The molecule has 0 nitrogen and oxygen atoms in total. The summed E-state index contributed by atoms with van der Waals surface area (Å²) in [6, 6.07) is 57.5. The van der Waals surface area contributed by atoms with Crippen molar-refractivity contribution in [2.45, 2.75) is 22.1 Å². The van der Waals surface area contributed by atoms with Gasteiger partial charge in [-0.2, -0.15) is 0 Å². The van der Waals surface area contributed by atoms with Crippen LogP contribution in [0.25, 0.3) is 66.1 Å². The fourth-order valence-corrected chi connectivity index (χ4v) is 10.3. The Morgan fingerprint density at radius 3 is 2.02 bits per heavy atom. The molecule has 1 heterocycles. The van der Waals surface area contributed by atoms with Crippen molar-refractivity contribution in [2.24, 2.45) is 0 Å². The van der Waals surface area contributed by atoms with Crippen molar-refractivity contribution in [1.82, 2.24) is 0 Å². The maximum Gasteiger partial charge on any atom is 0.0731 e. The summed E-state index contributed by atoms with van der Waals surface area (Å²) >= 11 is 1.91. The molecule has 218 valence electrons. The predicted molar refractivity (Wildman–Crippen MR) is 197 cm³/mol. The Morgan fingerprint density at radius 1 is 0.447 bits per heavy atom. The number of benzene rings is 8. The third-order valence-corrected chi connectivity index (χ3v) is 12.0. The fraction of sp³-hybridized carbons (Fsp3) is 0.0435. The van der Waals surface area contributed by atoms with E-state index in [1.54, 1.807) is 0 Å². The van der Waals surface area contributed by atoms with Gasteiger partial charge in [0.25, 0.3) is 0 Å². The van der Waals surface area contributed by atoms with E-state index in [0.29, 0.717) is 0 Å². The molecule has 1 atom stereocenters. The molecule has 0 radical (unpaired) electrons. The van der Waals surface area contributed by atoms with E-state index in [4.69, 9.17) is 0 Å². The van der Waals surface area contributed by atoms with Gasteiger partial charge in [-0.3, -0.25) is 0 Å². The van der Waals surface area contributed by atoms with Crippen LogP contribution in [-0.4, -0.2) is 0 Å². The van der Waals surface area contributed by atoms with Crippen molar-refractivity contribution in [3.05, 3.63) is 179 Å². The number of rotatable bonds is 1. The van der Waals surface area contributed by atoms with Crippen molar-refractivity contribution in [2.75, 3.05) is 0 Å². The molecule has 8 aromatic rings. The number of aryl methyl sites for hydroxylation is 1. The van der Waals surface area contributed by atoms with Crippen molar-refractivity contribution in [1.29, 1.82) is 0 Å². The summed E-state index contributed by atoms with van der Waals surface area (Å²) in [5.41, 5.74) is 17.1. The average molecular weight is 613 g/mol. The second-order valence-corrected chi connectivity index (χ2v) is 14.3. The van der Waals surface area contributed by atoms with Gasteiger partial charge < -0.3 is 0 Å². The molecule has 1 unspecified atom stereocenters. The van der Waals surface area contributed by atoms with E-state index in [1.807, 2.05) is 11.8 Å². The van der Waals surface area contributed by atoms with Crippen LogP contribution in [0, 0.1) is 6.92 Å². The Hall–Kier alpha value is -5.37. The lowest BCUT2D eigenvalue weighted by atomic mass is 9.69. The maximum absolute atomic E-state index is 2.44. The SMILES string of the molecule is Cc1ccc2ccc3c(c2c1)C1(c2ccccc2-3)c2ccccc2-c2c(-c3ccc4c(c3)Sc3cccc5cccc-4c35)cccc21. The molecule has 0 saturated carbocycles. The predicted octanol–water partition coefficient (Wildman–Crippen LogP) is 12.4. The van der Waals surface area contributed by atoms with Crippen LogP contribution in [0.4, 0.5) is 0 Å². The van der Waals surface area contributed by atoms with Gasteiger partial charge in [-0.1, -0.05) is 157 Å². The number of hydrogen-bond acceptors (Lipinski definition) is 1. The van der Waals surface area contributed by atoms with Gasteiger partial charge in [-0.25, -0.2) is 0 Å². The Balaban J connectivity index is 1.21. The highest BCUT2D eigenvalue weighted by Gasteiger charge is 2.52. The zero-order chi connectivity index (χ0) is 30.9. The van der Waals surface area contributed by atoms with Crippen LogP contribution in [0.5, 0.6) is 0 Å². The number of fused-ring (bicyclic) bond motifs is 14. The van der Waals surface area contributed by atoms with E-state index in [9.17, 15) is 0 Å². The summed E-state index contributed by atoms with van der Waals surface area (Å²) in [6.07, 6.45) is 0. The van der Waals surface area contributed by atoms with Crippen molar-refractivity contribution in [3.63, 3.8) is 0 Å². The molecule has 0 fully saturated rings. The highest BCUT2D eigenvalue weighted by molar-refractivity contribution is 7.99. The van der Waals surface area contributed by atoms with Gasteiger partial charge in [0, 0.05) is 15.2 Å². The van der Waals surface area contributed by atoms with Crippen LogP contribution in [0.1, 0.15) is 27.8 Å². The van der Waals surface area contributed by atoms with Gasteiger partial charge in [0.15, 0.2) is 0 Å². The third kappa shape index (κ3) is 3.20. The lowest BCUT2D eigenvalue weighted by Gasteiger charge is -2.31. The topological polar surface area (TPSA) is 0 Å². The lowest BCUT2D eigenvalue weighted by Crippen LogP contribution is -2.26. The minimum absolute atomic E-state index is 0.390. The van der Waals surface area contributed by atoms with Gasteiger partial charge in [-0.05, 0) is 102 Å². The molecule has 0 amide bonds. The smallest absolute Gasteiger partial charge is 0.0731 e. The third-order valence-electron chi connectivity index (χ3n) is 10.9. The van der Waals surface area contributed by atoms with E-state index in [2.05, 4.69) is 159 Å². The first-order valence-corrected chi connectivity index (χ1v) is 17.2. The molecule has 1 aliphatic heterocycles. The first-order valence-electron chi connectivity index (χ1n) is 16.4. The molecule has 2 aliphatic carbocycles. The average Bonchev–Trinajstić information content (AvgIpc) is 3.59. The summed E-state index contributed by atoms with van der Waals surface area (Å²) in [4.78, 5) is 2.66. The second kappa shape index (κ2) is 9.12. The maximum atomic E-state index is 2.44. The fourth-order valence-electron chi connectivity index (χ4n) is 9.10. The molecule has 8 aromatic carbocycles. The van der Waals surface area contributed by atoms with Crippen molar-refractivity contribution >= 4 is 33.3 Å². The molecule has 0 aromatic heterocycles. The van der Waals surface area contributed by atoms with E-state index >= 15 is 0 Å². The molecule has 0 N–H and O–H groups in total. The molecule has 1 heteroatoms. The first kappa shape index (κ1) is 25.8. The molecular formula is C46H28S. The Labute approximate surface area is 278 Å². The molecule has 0 saturated heterocycles.